The Bertz CT molecular complexity index is 396. The largest absolute Gasteiger partial charge is 0.388 e. The lowest BCUT2D eigenvalue weighted by molar-refractivity contribution is 0.128. The Morgan fingerprint density at radius 1 is 1.37 bits per heavy atom. The van der Waals surface area contributed by atoms with Gasteiger partial charge < -0.3 is 10.0 Å². The number of hydrogen-bond donors (Lipinski definition) is 1. The molecule has 3 heteroatoms. The van der Waals surface area contributed by atoms with Gasteiger partial charge in [-0.1, -0.05) is 40.9 Å². The lowest BCUT2D eigenvalue weighted by atomic mass is 10.1. The first-order valence-corrected chi connectivity index (χ1v) is 8.13. The Labute approximate surface area is 124 Å². The van der Waals surface area contributed by atoms with Gasteiger partial charge in [-0.2, -0.15) is 0 Å². The van der Waals surface area contributed by atoms with Gasteiger partial charge in [0.25, 0.3) is 0 Å². The molecule has 1 fully saturated rings. The second-order valence-corrected chi connectivity index (χ2v) is 6.51. The molecule has 106 valence electrons. The SMILES string of the molecule is CC1CCCCCN1CCC(O)c1cccc(Br)c1. The van der Waals surface area contributed by atoms with Crippen molar-refractivity contribution in [1.29, 1.82) is 0 Å². The summed E-state index contributed by atoms with van der Waals surface area (Å²) in [6, 6.07) is 8.65. The average molecular weight is 326 g/mol. The summed E-state index contributed by atoms with van der Waals surface area (Å²) < 4.78 is 1.03. The third-order valence-electron chi connectivity index (χ3n) is 4.11. The van der Waals surface area contributed by atoms with Crippen molar-refractivity contribution in [2.75, 3.05) is 13.1 Å². The van der Waals surface area contributed by atoms with E-state index in [0.717, 1.165) is 23.0 Å². The molecule has 0 aliphatic carbocycles. The summed E-state index contributed by atoms with van der Waals surface area (Å²) >= 11 is 3.46. The number of nitrogens with zero attached hydrogens (tertiary/aromatic N) is 1. The van der Waals surface area contributed by atoms with Gasteiger partial charge >= 0.3 is 0 Å². The van der Waals surface area contributed by atoms with E-state index in [1.165, 1.54) is 32.2 Å². The van der Waals surface area contributed by atoms with Crippen molar-refractivity contribution in [3.63, 3.8) is 0 Å². The number of likely N-dealkylation sites (tertiary alicyclic amines) is 1. The van der Waals surface area contributed by atoms with Crippen LogP contribution in [0.1, 0.15) is 50.7 Å². The van der Waals surface area contributed by atoms with Gasteiger partial charge in [-0.25, -0.2) is 0 Å². The number of rotatable bonds is 4. The molecule has 1 saturated heterocycles. The zero-order valence-electron chi connectivity index (χ0n) is 11.7. The molecule has 1 heterocycles. The van der Waals surface area contributed by atoms with E-state index in [9.17, 15) is 5.11 Å². The molecule has 2 nitrogen and oxygen atoms in total. The molecule has 1 aromatic rings. The first-order valence-electron chi connectivity index (χ1n) is 7.34. The molecule has 0 amide bonds. The summed E-state index contributed by atoms with van der Waals surface area (Å²) in [6.07, 6.45) is 5.78. The van der Waals surface area contributed by atoms with Crippen molar-refractivity contribution in [2.24, 2.45) is 0 Å². The van der Waals surface area contributed by atoms with Gasteiger partial charge in [-0.15, -0.1) is 0 Å². The van der Waals surface area contributed by atoms with Gasteiger partial charge in [0.2, 0.25) is 0 Å². The predicted octanol–water partition coefficient (Wildman–Crippen LogP) is 4.14. The second kappa shape index (κ2) is 7.41. The molecule has 2 atom stereocenters. The van der Waals surface area contributed by atoms with Crippen LogP contribution in [0.15, 0.2) is 28.7 Å². The molecule has 0 aromatic heterocycles. The van der Waals surface area contributed by atoms with Gasteiger partial charge in [0.15, 0.2) is 0 Å². The van der Waals surface area contributed by atoms with E-state index in [-0.39, 0.29) is 6.10 Å². The molecule has 0 spiro atoms. The minimum Gasteiger partial charge on any atom is -0.388 e. The highest BCUT2D eigenvalue weighted by atomic mass is 79.9. The quantitative estimate of drug-likeness (QED) is 0.899. The average Bonchev–Trinajstić information content (AvgIpc) is 2.61. The van der Waals surface area contributed by atoms with Crippen molar-refractivity contribution in [2.45, 2.75) is 51.2 Å². The molecule has 0 saturated carbocycles. The Morgan fingerprint density at radius 2 is 2.21 bits per heavy atom. The van der Waals surface area contributed by atoms with E-state index in [1.807, 2.05) is 24.3 Å². The molecule has 1 aliphatic heterocycles. The first kappa shape index (κ1) is 15.0. The smallest absolute Gasteiger partial charge is 0.0802 e. The van der Waals surface area contributed by atoms with E-state index in [1.54, 1.807) is 0 Å². The molecule has 0 bridgehead atoms. The Morgan fingerprint density at radius 3 is 3.00 bits per heavy atom. The number of halogens is 1. The lowest BCUT2D eigenvalue weighted by Gasteiger charge is -2.27. The molecular formula is C16H24BrNO. The van der Waals surface area contributed by atoms with Gasteiger partial charge in [-0.3, -0.25) is 0 Å². The summed E-state index contributed by atoms with van der Waals surface area (Å²) in [6.45, 7) is 4.50. The van der Waals surface area contributed by atoms with Gasteiger partial charge in [0, 0.05) is 17.1 Å². The van der Waals surface area contributed by atoms with Crippen molar-refractivity contribution in [1.82, 2.24) is 4.90 Å². The van der Waals surface area contributed by atoms with E-state index >= 15 is 0 Å². The van der Waals surface area contributed by atoms with Crippen LogP contribution in [-0.4, -0.2) is 29.1 Å². The predicted molar refractivity (Wildman–Crippen MR) is 83.2 cm³/mol. The van der Waals surface area contributed by atoms with Crippen molar-refractivity contribution in [3.05, 3.63) is 34.3 Å². The van der Waals surface area contributed by atoms with Crippen LogP contribution in [0.2, 0.25) is 0 Å². The number of hydrogen-bond acceptors (Lipinski definition) is 2. The van der Waals surface area contributed by atoms with Gasteiger partial charge in [-0.05, 0) is 50.4 Å². The summed E-state index contributed by atoms with van der Waals surface area (Å²) in [5, 5.41) is 10.3. The maximum absolute atomic E-state index is 10.3. The van der Waals surface area contributed by atoms with Gasteiger partial charge in [0.1, 0.15) is 0 Å². The molecule has 1 aliphatic rings. The highest BCUT2D eigenvalue weighted by Crippen LogP contribution is 2.23. The minimum absolute atomic E-state index is 0.354. The summed E-state index contributed by atoms with van der Waals surface area (Å²) in [5.41, 5.74) is 1.01. The fraction of sp³-hybridized carbons (Fsp3) is 0.625. The van der Waals surface area contributed by atoms with Crippen molar-refractivity contribution >= 4 is 15.9 Å². The summed E-state index contributed by atoms with van der Waals surface area (Å²) in [5.74, 6) is 0. The lowest BCUT2D eigenvalue weighted by Crippen LogP contribution is -2.34. The summed E-state index contributed by atoms with van der Waals surface area (Å²) in [4.78, 5) is 2.54. The maximum Gasteiger partial charge on any atom is 0.0802 e. The molecule has 19 heavy (non-hydrogen) atoms. The van der Waals surface area contributed by atoms with Crippen LogP contribution in [-0.2, 0) is 0 Å². The molecule has 1 aromatic carbocycles. The summed E-state index contributed by atoms with van der Waals surface area (Å²) in [7, 11) is 0. The van der Waals surface area contributed by atoms with E-state index < -0.39 is 0 Å². The molecular weight excluding hydrogens is 302 g/mol. The monoisotopic (exact) mass is 325 g/mol. The highest BCUT2D eigenvalue weighted by Gasteiger charge is 2.18. The van der Waals surface area contributed by atoms with Crippen molar-refractivity contribution in [3.8, 4) is 0 Å². The minimum atomic E-state index is -0.354. The first-order chi connectivity index (χ1) is 9.16. The molecule has 2 rings (SSSR count). The zero-order valence-corrected chi connectivity index (χ0v) is 13.3. The highest BCUT2D eigenvalue weighted by molar-refractivity contribution is 9.10. The van der Waals surface area contributed by atoms with Crippen LogP contribution in [0.4, 0.5) is 0 Å². The molecule has 0 radical (unpaired) electrons. The fourth-order valence-corrected chi connectivity index (χ4v) is 3.25. The van der Waals surface area contributed by atoms with Crippen molar-refractivity contribution < 1.29 is 5.11 Å². The number of aliphatic hydroxyl groups excluding tert-OH is 1. The Balaban J connectivity index is 1.87. The zero-order chi connectivity index (χ0) is 13.7. The fourth-order valence-electron chi connectivity index (χ4n) is 2.84. The van der Waals surface area contributed by atoms with Crippen LogP contribution in [0.5, 0.6) is 0 Å². The van der Waals surface area contributed by atoms with Crippen LogP contribution >= 0.6 is 15.9 Å². The van der Waals surface area contributed by atoms with E-state index in [4.69, 9.17) is 0 Å². The molecule has 1 N–H and O–H groups in total. The Kier molecular flexibility index (Phi) is 5.86. The van der Waals surface area contributed by atoms with Crippen LogP contribution in [0, 0.1) is 0 Å². The third-order valence-corrected chi connectivity index (χ3v) is 4.61. The standard InChI is InChI=1S/C16H24BrNO/c1-13-6-3-2-4-10-18(13)11-9-16(19)14-7-5-8-15(17)12-14/h5,7-8,12-13,16,19H,2-4,6,9-11H2,1H3. The van der Waals surface area contributed by atoms with Gasteiger partial charge in [0.05, 0.1) is 6.10 Å². The topological polar surface area (TPSA) is 23.5 Å². The maximum atomic E-state index is 10.3. The number of benzene rings is 1. The Hall–Kier alpha value is -0.380. The van der Waals surface area contributed by atoms with Crippen LogP contribution in [0.3, 0.4) is 0 Å². The van der Waals surface area contributed by atoms with E-state index in [0.29, 0.717) is 6.04 Å². The third kappa shape index (κ3) is 4.59. The van der Waals surface area contributed by atoms with E-state index in [2.05, 4.69) is 27.8 Å². The second-order valence-electron chi connectivity index (χ2n) is 5.59. The molecule has 2 unspecified atom stereocenters. The number of aliphatic hydroxyl groups is 1. The van der Waals surface area contributed by atoms with Crippen LogP contribution < -0.4 is 0 Å². The normalized spacial score (nSPS) is 23.0. The van der Waals surface area contributed by atoms with Crippen LogP contribution in [0.25, 0.3) is 0 Å².